The van der Waals surface area contributed by atoms with Crippen LogP contribution in [0.4, 0.5) is 5.69 Å². The molecule has 7 nitrogen and oxygen atoms in total. The van der Waals surface area contributed by atoms with Crippen molar-refractivity contribution in [2.45, 2.75) is 32.8 Å². The molecule has 0 aliphatic heterocycles. The molecule has 0 aliphatic rings. The van der Waals surface area contributed by atoms with Crippen LogP contribution in [-0.4, -0.2) is 22.1 Å². The van der Waals surface area contributed by atoms with Gasteiger partial charge in [-0.15, -0.1) is 0 Å². The Labute approximate surface area is 110 Å². The summed E-state index contributed by atoms with van der Waals surface area (Å²) in [5.74, 6) is 0.00497. The fraction of sp³-hybridized carbons (Fsp3) is 0.417. The molecule has 3 N–H and O–H groups in total. The number of nitro groups is 1. The molecule has 0 heterocycles. The predicted molar refractivity (Wildman–Crippen MR) is 70.6 cm³/mol. The highest BCUT2D eigenvalue weighted by Gasteiger charge is 2.19. The van der Waals surface area contributed by atoms with Crippen LogP contribution < -0.4 is 10.5 Å². The van der Waals surface area contributed by atoms with Crippen LogP contribution in [0.2, 0.25) is 0 Å². The third-order valence-corrected chi connectivity index (χ3v) is 2.76. The highest BCUT2D eigenvalue weighted by Crippen LogP contribution is 2.29. The van der Waals surface area contributed by atoms with Crippen molar-refractivity contribution in [1.29, 1.82) is 0 Å². The van der Waals surface area contributed by atoms with Crippen LogP contribution in [0.5, 0.6) is 5.75 Å². The normalized spacial score (nSPS) is 11.6. The zero-order valence-corrected chi connectivity index (χ0v) is 10.9. The Balaban J connectivity index is 3.15. The van der Waals surface area contributed by atoms with Gasteiger partial charge in [0.05, 0.1) is 11.0 Å². The number of ether oxygens (including phenoxy) is 1. The average Bonchev–Trinajstić information content (AvgIpc) is 2.43. The van der Waals surface area contributed by atoms with Crippen molar-refractivity contribution >= 4 is 11.5 Å². The van der Waals surface area contributed by atoms with Crippen LogP contribution >= 0.6 is 0 Å². The Morgan fingerprint density at radius 2 is 2.16 bits per heavy atom. The van der Waals surface area contributed by atoms with Gasteiger partial charge in [0.25, 0.3) is 0 Å². The van der Waals surface area contributed by atoms with E-state index in [0.717, 1.165) is 12.8 Å². The Kier molecular flexibility index (Phi) is 5.11. The van der Waals surface area contributed by atoms with Gasteiger partial charge in [0.1, 0.15) is 0 Å². The van der Waals surface area contributed by atoms with Crippen LogP contribution in [0.25, 0.3) is 0 Å². The number of hydrogen-bond donors (Lipinski definition) is 2. The molecule has 104 valence electrons. The summed E-state index contributed by atoms with van der Waals surface area (Å²) < 4.78 is 5.59. The predicted octanol–water partition coefficient (Wildman–Crippen LogP) is 2.26. The van der Waals surface area contributed by atoms with Crippen molar-refractivity contribution in [2.75, 3.05) is 0 Å². The maximum atomic E-state index is 11.0. The van der Waals surface area contributed by atoms with E-state index >= 15 is 0 Å². The van der Waals surface area contributed by atoms with Gasteiger partial charge in [-0.1, -0.05) is 19.0 Å². The van der Waals surface area contributed by atoms with E-state index in [2.05, 4.69) is 5.16 Å². The minimum atomic E-state index is -0.550. The first-order valence-corrected chi connectivity index (χ1v) is 5.96. The van der Waals surface area contributed by atoms with Crippen molar-refractivity contribution in [2.24, 2.45) is 10.9 Å². The molecule has 0 aromatic heterocycles. The second-order valence-corrected chi connectivity index (χ2v) is 3.98. The monoisotopic (exact) mass is 267 g/mol. The molecule has 0 atom stereocenters. The molecule has 0 spiro atoms. The van der Waals surface area contributed by atoms with Gasteiger partial charge in [-0.25, -0.2) is 0 Å². The molecule has 0 saturated carbocycles. The highest BCUT2D eigenvalue weighted by molar-refractivity contribution is 5.97. The summed E-state index contributed by atoms with van der Waals surface area (Å²) in [6.07, 6.45) is 1.44. The van der Waals surface area contributed by atoms with E-state index in [1.807, 2.05) is 13.8 Å². The quantitative estimate of drug-likeness (QED) is 0.270. The lowest BCUT2D eigenvalue weighted by Gasteiger charge is -2.15. The number of benzene rings is 1. The average molecular weight is 267 g/mol. The maximum Gasteiger partial charge on any atom is 0.311 e. The molecule has 0 saturated heterocycles. The first kappa shape index (κ1) is 14.7. The summed E-state index contributed by atoms with van der Waals surface area (Å²) in [4.78, 5) is 10.5. The fourth-order valence-corrected chi connectivity index (χ4v) is 1.61. The molecule has 7 heteroatoms. The van der Waals surface area contributed by atoms with Crippen molar-refractivity contribution in [3.05, 3.63) is 33.9 Å². The lowest BCUT2D eigenvalue weighted by atomic mass is 10.1. The van der Waals surface area contributed by atoms with E-state index in [1.165, 1.54) is 18.2 Å². The van der Waals surface area contributed by atoms with Crippen molar-refractivity contribution in [3.63, 3.8) is 0 Å². The molecule has 1 rings (SSSR count). The van der Waals surface area contributed by atoms with Gasteiger partial charge < -0.3 is 15.7 Å². The van der Waals surface area contributed by atoms with Gasteiger partial charge in [-0.2, -0.15) is 0 Å². The van der Waals surface area contributed by atoms with Crippen LogP contribution in [0.1, 0.15) is 32.3 Å². The van der Waals surface area contributed by atoms with Crippen LogP contribution in [0, 0.1) is 10.1 Å². The fourth-order valence-electron chi connectivity index (χ4n) is 1.61. The summed E-state index contributed by atoms with van der Waals surface area (Å²) in [6.45, 7) is 3.90. The third kappa shape index (κ3) is 3.57. The van der Waals surface area contributed by atoms with Gasteiger partial charge in [0.2, 0.25) is 0 Å². The number of rotatable bonds is 6. The molecule has 0 radical (unpaired) electrons. The summed E-state index contributed by atoms with van der Waals surface area (Å²) >= 11 is 0. The molecule has 0 amide bonds. The minimum Gasteiger partial charge on any atom is -0.484 e. The van der Waals surface area contributed by atoms with E-state index in [4.69, 9.17) is 15.7 Å². The number of nitrogens with zero attached hydrogens (tertiary/aromatic N) is 2. The SMILES string of the molecule is CCC(CC)Oc1ccc(C(N)=NO)cc1[N+](=O)[O-]. The topological polar surface area (TPSA) is 111 Å². The molecule has 19 heavy (non-hydrogen) atoms. The first-order chi connectivity index (χ1) is 9.03. The summed E-state index contributed by atoms with van der Waals surface area (Å²) in [6, 6.07) is 4.20. The number of nitro benzene ring substituents is 1. The van der Waals surface area contributed by atoms with E-state index in [0.29, 0.717) is 0 Å². The van der Waals surface area contributed by atoms with E-state index < -0.39 is 4.92 Å². The van der Waals surface area contributed by atoms with Crippen LogP contribution in [0.15, 0.2) is 23.4 Å². The Morgan fingerprint density at radius 1 is 1.53 bits per heavy atom. The number of amidine groups is 1. The van der Waals surface area contributed by atoms with Crippen LogP contribution in [-0.2, 0) is 0 Å². The van der Waals surface area contributed by atoms with Crippen molar-refractivity contribution in [1.82, 2.24) is 0 Å². The third-order valence-electron chi connectivity index (χ3n) is 2.76. The summed E-state index contributed by atoms with van der Waals surface area (Å²) in [5, 5.41) is 22.4. The lowest BCUT2D eigenvalue weighted by Crippen LogP contribution is -2.16. The number of nitrogens with two attached hydrogens (primary N) is 1. The maximum absolute atomic E-state index is 11.0. The van der Waals surface area contributed by atoms with E-state index in [1.54, 1.807) is 0 Å². The van der Waals surface area contributed by atoms with Gasteiger partial charge in [0, 0.05) is 11.6 Å². The zero-order valence-electron chi connectivity index (χ0n) is 10.9. The molecule has 0 aliphatic carbocycles. The molecule has 0 bridgehead atoms. The highest BCUT2D eigenvalue weighted by atomic mass is 16.6. The zero-order chi connectivity index (χ0) is 14.4. The second-order valence-electron chi connectivity index (χ2n) is 3.98. The van der Waals surface area contributed by atoms with Gasteiger partial charge in [-0.05, 0) is 25.0 Å². The Morgan fingerprint density at radius 3 is 2.63 bits per heavy atom. The first-order valence-electron chi connectivity index (χ1n) is 5.96. The number of oxime groups is 1. The molecular weight excluding hydrogens is 250 g/mol. The Hall–Kier alpha value is -2.31. The molecule has 0 fully saturated rings. The molecule has 1 aromatic carbocycles. The van der Waals surface area contributed by atoms with E-state index in [-0.39, 0.29) is 28.9 Å². The molecular formula is C12H17N3O4. The largest absolute Gasteiger partial charge is 0.484 e. The summed E-state index contributed by atoms with van der Waals surface area (Å²) in [5.41, 5.74) is 5.47. The second kappa shape index (κ2) is 6.58. The Bertz CT molecular complexity index is 484. The minimum absolute atomic E-state index is 0.0756. The standard InChI is InChI=1S/C12H17N3O4/c1-3-9(4-2)19-11-6-5-8(12(13)14-16)7-10(11)15(17)18/h5-7,9,16H,3-4H2,1-2H3,(H2,13,14). The molecule has 1 aromatic rings. The van der Waals surface area contributed by atoms with Crippen molar-refractivity contribution < 1.29 is 14.9 Å². The molecule has 0 unspecified atom stereocenters. The van der Waals surface area contributed by atoms with Crippen molar-refractivity contribution in [3.8, 4) is 5.75 Å². The van der Waals surface area contributed by atoms with E-state index in [9.17, 15) is 10.1 Å². The van der Waals surface area contributed by atoms with Gasteiger partial charge in [0.15, 0.2) is 11.6 Å². The lowest BCUT2D eigenvalue weighted by molar-refractivity contribution is -0.386. The van der Waals surface area contributed by atoms with Crippen LogP contribution in [0.3, 0.4) is 0 Å². The van der Waals surface area contributed by atoms with Gasteiger partial charge in [-0.3, -0.25) is 10.1 Å². The van der Waals surface area contributed by atoms with Gasteiger partial charge >= 0.3 is 5.69 Å². The smallest absolute Gasteiger partial charge is 0.311 e. The summed E-state index contributed by atoms with van der Waals surface area (Å²) in [7, 11) is 0. The number of hydrogen-bond acceptors (Lipinski definition) is 5.